The molecule has 198 valence electrons. The van der Waals surface area contributed by atoms with Gasteiger partial charge in [-0.1, -0.05) is 24.3 Å². The van der Waals surface area contributed by atoms with Crippen LogP contribution in [-0.4, -0.2) is 66.3 Å². The number of carbonyl (C=O) groups excluding carboxylic acids is 2. The highest BCUT2D eigenvalue weighted by Crippen LogP contribution is 2.33. The van der Waals surface area contributed by atoms with Gasteiger partial charge in [0.2, 0.25) is 5.91 Å². The highest BCUT2D eigenvalue weighted by Gasteiger charge is 2.41. The number of anilines is 1. The van der Waals surface area contributed by atoms with E-state index in [1.54, 1.807) is 29.2 Å². The molecule has 0 aromatic heterocycles. The lowest BCUT2D eigenvalue weighted by molar-refractivity contribution is -0.139. The lowest BCUT2D eigenvalue weighted by atomic mass is 9.79. The van der Waals surface area contributed by atoms with Crippen LogP contribution in [0, 0.1) is 11.3 Å². The molecule has 0 spiro atoms. The molecule has 2 aromatic carbocycles. The lowest BCUT2D eigenvalue weighted by Crippen LogP contribution is -2.54. The number of nitrogens with one attached hydrogen (secondary N) is 2. The van der Waals surface area contributed by atoms with E-state index in [-0.39, 0.29) is 30.0 Å². The van der Waals surface area contributed by atoms with Crippen LogP contribution in [0.1, 0.15) is 60.5 Å². The van der Waals surface area contributed by atoms with Gasteiger partial charge in [-0.2, -0.15) is 0 Å². The van der Waals surface area contributed by atoms with Gasteiger partial charge in [0.25, 0.3) is 5.91 Å². The fourth-order valence-corrected chi connectivity index (χ4v) is 4.86. The first-order valence-corrected chi connectivity index (χ1v) is 12.4. The Labute approximate surface area is 218 Å². The third-order valence-electron chi connectivity index (χ3n) is 6.99. The molecular weight excluding hydrogens is 470 g/mol. The minimum atomic E-state index is -0.940. The molecule has 1 unspecified atom stereocenters. The monoisotopic (exact) mass is 507 g/mol. The Bertz CT molecular complexity index is 1130. The summed E-state index contributed by atoms with van der Waals surface area (Å²) >= 11 is 0. The number of likely N-dealkylation sites (tertiary alicyclic amines) is 1. The molecule has 1 atom stereocenters. The maximum atomic E-state index is 13.9. The number of nitrogens with zero attached hydrogens (tertiary/aromatic N) is 2. The Balaban J connectivity index is 1.87. The molecule has 2 aromatic rings. The summed E-state index contributed by atoms with van der Waals surface area (Å²) in [5.74, 6) is -1.91. The van der Waals surface area contributed by atoms with Crippen LogP contribution in [0.3, 0.4) is 0 Å². The molecule has 9 heteroatoms. The van der Waals surface area contributed by atoms with E-state index in [4.69, 9.17) is 16.2 Å². The second-order valence-corrected chi connectivity index (χ2v) is 10.5. The zero-order chi connectivity index (χ0) is 27.3. The molecule has 1 heterocycles. The predicted octanol–water partition coefficient (Wildman–Crippen LogP) is 3.04. The summed E-state index contributed by atoms with van der Waals surface area (Å²) in [5.41, 5.74) is 7.30. The van der Waals surface area contributed by atoms with E-state index in [1.165, 1.54) is 0 Å². The fourth-order valence-electron chi connectivity index (χ4n) is 4.86. The van der Waals surface area contributed by atoms with Crippen molar-refractivity contribution in [2.75, 3.05) is 32.1 Å². The third-order valence-corrected chi connectivity index (χ3v) is 6.99. The molecule has 37 heavy (non-hydrogen) atoms. The number of amidine groups is 1. The molecule has 0 bridgehead atoms. The molecule has 3 rings (SSSR count). The molecule has 0 radical (unpaired) electrons. The number of carboxylic acid groups (broad SMARTS) is 1. The second-order valence-electron chi connectivity index (χ2n) is 10.5. The molecule has 9 nitrogen and oxygen atoms in total. The summed E-state index contributed by atoms with van der Waals surface area (Å²) in [6.45, 7) is 4.65. The summed E-state index contributed by atoms with van der Waals surface area (Å²) in [7, 11) is 3.89. The van der Waals surface area contributed by atoms with Gasteiger partial charge in [0.05, 0.1) is 11.5 Å². The molecule has 1 saturated heterocycles. The Hall–Kier alpha value is -3.88. The van der Waals surface area contributed by atoms with Crippen LogP contribution in [-0.2, 0) is 9.59 Å². The number of nitrogens with two attached hydrogens (primary N) is 1. The van der Waals surface area contributed by atoms with Gasteiger partial charge >= 0.3 is 5.97 Å². The van der Waals surface area contributed by atoms with Crippen molar-refractivity contribution in [1.82, 2.24) is 10.2 Å². The first-order valence-electron chi connectivity index (χ1n) is 12.4. The average molecular weight is 508 g/mol. The SMILES string of the molecule is CN(C)c1ccc(C(C(=O)N2CCC(CC(=O)O)CC2)C(C)(C)NC(=O)c2ccc(C(=N)N)cc2)cc1. The van der Waals surface area contributed by atoms with Crippen LogP contribution in [0.15, 0.2) is 48.5 Å². The first-order chi connectivity index (χ1) is 17.4. The summed E-state index contributed by atoms with van der Waals surface area (Å²) in [5, 5.41) is 19.7. The molecule has 1 aliphatic rings. The van der Waals surface area contributed by atoms with E-state index in [9.17, 15) is 14.4 Å². The average Bonchev–Trinajstić information content (AvgIpc) is 2.84. The van der Waals surface area contributed by atoms with Crippen LogP contribution in [0.25, 0.3) is 0 Å². The lowest BCUT2D eigenvalue weighted by Gasteiger charge is -2.40. The number of amides is 2. The molecule has 1 fully saturated rings. The normalized spacial score (nSPS) is 15.1. The van der Waals surface area contributed by atoms with Crippen molar-refractivity contribution in [3.05, 3.63) is 65.2 Å². The Kier molecular flexibility index (Phi) is 8.57. The number of benzene rings is 2. The van der Waals surface area contributed by atoms with Crippen molar-refractivity contribution < 1.29 is 19.5 Å². The summed E-state index contributed by atoms with van der Waals surface area (Å²) < 4.78 is 0. The quantitative estimate of drug-likeness (QED) is 0.304. The topological polar surface area (TPSA) is 140 Å². The number of nitrogen functional groups attached to an aromatic ring is 1. The molecule has 0 saturated carbocycles. The van der Waals surface area contributed by atoms with Crippen LogP contribution in [0.4, 0.5) is 5.69 Å². The first kappa shape index (κ1) is 27.7. The second kappa shape index (κ2) is 11.5. The Morgan fingerprint density at radius 3 is 2.08 bits per heavy atom. The number of hydrogen-bond acceptors (Lipinski definition) is 5. The van der Waals surface area contributed by atoms with Crippen molar-refractivity contribution in [2.45, 2.75) is 44.6 Å². The van der Waals surface area contributed by atoms with Crippen molar-refractivity contribution in [2.24, 2.45) is 11.7 Å². The van der Waals surface area contributed by atoms with E-state index < -0.39 is 17.4 Å². The standard InChI is InChI=1S/C28H37N5O4/c1-28(2,31-26(36)21-7-5-20(6-8-21)25(29)30)24(19-9-11-22(12-10-19)32(3)4)27(37)33-15-13-18(14-16-33)17-23(34)35/h5-12,18,24H,13-17H2,1-4H3,(H3,29,30)(H,31,36)(H,34,35). The highest BCUT2D eigenvalue weighted by atomic mass is 16.4. The van der Waals surface area contributed by atoms with E-state index in [0.29, 0.717) is 37.1 Å². The van der Waals surface area contributed by atoms with Crippen molar-refractivity contribution in [3.8, 4) is 0 Å². The van der Waals surface area contributed by atoms with Gasteiger partial charge < -0.3 is 26.0 Å². The predicted molar refractivity (Wildman–Crippen MR) is 144 cm³/mol. The number of carbonyl (C=O) groups is 3. The van der Waals surface area contributed by atoms with E-state index in [1.807, 2.05) is 57.1 Å². The van der Waals surface area contributed by atoms with Crippen LogP contribution >= 0.6 is 0 Å². The molecule has 5 N–H and O–H groups in total. The van der Waals surface area contributed by atoms with Crippen LogP contribution in [0.5, 0.6) is 0 Å². The number of hydrogen-bond donors (Lipinski definition) is 4. The van der Waals surface area contributed by atoms with E-state index in [2.05, 4.69) is 5.32 Å². The van der Waals surface area contributed by atoms with Crippen molar-refractivity contribution >= 4 is 29.3 Å². The minimum absolute atomic E-state index is 0.0602. The van der Waals surface area contributed by atoms with Gasteiger partial charge in [-0.15, -0.1) is 0 Å². The molecular formula is C28H37N5O4. The van der Waals surface area contributed by atoms with Gasteiger partial charge in [0, 0.05) is 50.4 Å². The Morgan fingerprint density at radius 2 is 1.59 bits per heavy atom. The largest absolute Gasteiger partial charge is 0.481 e. The van der Waals surface area contributed by atoms with Gasteiger partial charge in [0.1, 0.15) is 5.84 Å². The molecule has 1 aliphatic heterocycles. The minimum Gasteiger partial charge on any atom is -0.481 e. The highest BCUT2D eigenvalue weighted by molar-refractivity contribution is 5.99. The smallest absolute Gasteiger partial charge is 0.303 e. The number of aliphatic carboxylic acids is 1. The van der Waals surface area contributed by atoms with Gasteiger partial charge in [-0.3, -0.25) is 19.8 Å². The number of carboxylic acids is 1. The van der Waals surface area contributed by atoms with E-state index >= 15 is 0 Å². The molecule has 2 amide bonds. The summed E-state index contributed by atoms with van der Waals surface area (Å²) in [6, 6.07) is 14.2. The van der Waals surface area contributed by atoms with Crippen LogP contribution < -0.4 is 16.0 Å². The van der Waals surface area contributed by atoms with Crippen molar-refractivity contribution in [1.29, 1.82) is 5.41 Å². The number of piperidine rings is 1. The summed E-state index contributed by atoms with van der Waals surface area (Å²) in [4.78, 5) is 42.0. The summed E-state index contributed by atoms with van der Waals surface area (Å²) in [6.07, 6.45) is 1.39. The van der Waals surface area contributed by atoms with E-state index in [0.717, 1.165) is 11.3 Å². The van der Waals surface area contributed by atoms with Gasteiger partial charge in [0.15, 0.2) is 0 Å². The zero-order valence-electron chi connectivity index (χ0n) is 22.0. The Morgan fingerprint density at radius 1 is 1.05 bits per heavy atom. The fraction of sp³-hybridized carbons (Fsp3) is 0.429. The number of rotatable bonds is 9. The van der Waals surface area contributed by atoms with Gasteiger partial charge in [-0.25, -0.2) is 0 Å². The molecule has 0 aliphatic carbocycles. The third kappa shape index (κ3) is 6.87. The maximum Gasteiger partial charge on any atom is 0.303 e. The van der Waals surface area contributed by atoms with Gasteiger partial charge in [-0.05, 0) is 62.4 Å². The zero-order valence-corrected chi connectivity index (χ0v) is 22.0. The maximum absolute atomic E-state index is 13.9. The van der Waals surface area contributed by atoms with Crippen LogP contribution in [0.2, 0.25) is 0 Å². The van der Waals surface area contributed by atoms with Crippen molar-refractivity contribution in [3.63, 3.8) is 0 Å².